The molecule has 0 aromatic heterocycles. The quantitative estimate of drug-likeness (QED) is 0.560. The number of thiol groups is 2. The fourth-order valence-corrected chi connectivity index (χ4v) is 0.712. The minimum atomic E-state index is -0.632. The van der Waals surface area contributed by atoms with Crippen LogP contribution < -0.4 is 4.74 Å². The Hall–Kier alpha value is 0.190. The van der Waals surface area contributed by atoms with Gasteiger partial charge in [-0.3, -0.25) is 0 Å². The number of hydrogen-bond donors (Lipinski definition) is 2. The number of carbonyl (C=O) groups is 1. The molecule has 0 radical (unpaired) electrons. The molecule has 66 valence electrons. The van der Waals surface area contributed by atoms with Crippen LogP contribution in [0.5, 0.6) is 5.75 Å². The zero-order valence-electron chi connectivity index (χ0n) is 6.04. The normalized spacial score (nSPS) is 8.46. The summed E-state index contributed by atoms with van der Waals surface area (Å²) in [5.74, 6) is 0.468. The molecular weight excluding hydrogens is 217 g/mol. The van der Waals surface area contributed by atoms with Gasteiger partial charge in [-0.2, -0.15) is 3.71 Å². The van der Waals surface area contributed by atoms with Gasteiger partial charge in [0.2, 0.25) is 0 Å². The van der Waals surface area contributed by atoms with Gasteiger partial charge in [0.15, 0.2) is 0 Å². The van der Waals surface area contributed by atoms with Gasteiger partial charge in [-0.05, 0) is 37.8 Å². The molecule has 0 saturated carbocycles. The van der Waals surface area contributed by atoms with E-state index in [0.717, 1.165) is 3.71 Å². The van der Waals surface area contributed by atoms with Crippen LogP contribution in [0.1, 0.15) is 0 Å². The molecule has 1 aromatic carbocycles. The fourth-order valence-electron chi connectivity index (χ4n) is 0.630. The van der Waals surface area contributed by atoms with E-state index in [4.69, 9.17) is 4.74 Å². The number of carbonyl (C=O) groups excluding carboxylic acids is 1. The molecular formula is C7H8NNaO2S2. The maximum atomic E-state index is 10.9. The number of rotatable bonds is 1. The molecule has 6 heteroatoms. The molecule has 0 heterocycles. The Morgan fingerprint density at radius 2 is 1.77 bits per heavy atom. The van der Waals surface area contributed by atoms with Gasteiger partial charge in [-0.15, -0.1) is 0 Å². The van der Waals surface area contributed by atoms with E-state index in [-0.39, 0.29) is 29.6 Å². The predicted molar refractivity (Wildman–Crippen MR) is 59.4 cm³/mol. The molecule has 13 heavy (non-hydrogen) atoms. The van der Waals surface area contributed by atoms with Crippen molar-refractivity contribution < 1.29 is 9.53 Å². The number of benzene rings is 1. The van der Waals surface area contributed by atoms with Gasteiger partial charge in [0.25, 0.3) is 0 Å². The third-order valence-electron chi connectivity index (χ3n) is 1.11. The van der Waals surface area contributed by atoms with Crippen LogP contribution >= 0.6 is 25.6 Å². The molecule has 1 aromatic rings. The van der Waals surface area contributed by atoms with E-state index in [2.05, 4.69) is 25.6 Å². The number of ether oxygens (including phenoxy) is 1. The second-order valence-electron chi connectivity index (χ2n) is 1.97. The Morgan fingerprint density at radius 1 is 1.23 bits per heavy atom. The van der Waals surface area contributed by atoms with Crippen LogP contribution in [0.25, 0.3) is 0 Å². The summed E-state index contributed by atoms with van der Waals surface area (Å²) in [5.41, 5.74) is 0. The van der Waals surface area contributed by atoms with Crippen molar-refractivity contribution in [2.45, 2.75) is 0 Å². The predicted octanol–water partition coefficient (Wildman–Crippen LogP) is 1.53. The second-order valence-corrected chi connectivity index (χ2v) is 3.09. The van der Waals surface area contributed by atoms with Gasteiger partial charge in [-0.1, -0.05) is 18.2 Å². The fraction of sp³-hybridized carbons (Fsp3) is 0. The van der Waals surface area contributed by atoms with E-state index in [1.807, 2.05) is 6.07 Å². The van der Waals surface area contributed by atoms with Gasteiger partial charge >= 0.3 is 35.7 Å². The monoisotopic (exact) mass is 225 g/mol. The first-order chi connectivity index (χ1) is 5.70. The summed E-state index contributed by atoms with van der Waals surface area (Å²) in [5, 5.41) is 0. The maximum absolute atomic E-state index is 10.9. The summed E-state index contributed by atoms with van der Waals surface area (Å²) >= 11 is 7.29. The first kappa shape index (κ1) is 13.2. The van der Waals surface area contributed by atoms with Crippen molar-refractivity contribution in [3.8, 4) is 5.75 Å². The van der Waals surface area contributed by atoms with E-state index in [9.17, 15) is 4.79 Å². The van der Waals surface area contributed by atoms with Crippen LogP contribution in [-0.4, -0.2) is 39.4 Å². The number of para-hydroxylation sites is 1. The Bertz CT molecular complexity index is 268. The van der Waals surface area contributed by atoms with Crippen molar-refractivity contribution in [2.75, 3.05) is 0 Å². The summed E-state index contributed by atoms with van der Waals surface area (Å²) in [6.45, 7) is 0. The van der Waals surface area contributed by atoms with E-state index in [0.29, 0.717) is 5.75 Å². The van der Waals surface area contributed by atoms with E-state index < -0.39 is 6.09 Å². The van der Waals surface area contributed by atoms with Crippen LogP contribution in [0, 0.1) is 0 Å². The number of hydrogen-bond acceptors (Lipinski definition) is 4. The Balaban J connectivity index is 0.00000144. The molecule has 0 aliphatic carbocycles. The summed E-state index contributed by atoms with van der Waals surface area (Å²) in [4.78, 5) is 10.9. The molecule has 0 unspecified atom stereocenters. The SMILES string of the molecule is O=C(Oc1ccccc1)N(S)S.[NaH]. The van der Waals surface area contributed by atoms with Crippen molar-refractivity contribution in [2.24, 2.45) is 0 Å². The summed E-state index contributed by atoms with van der Waals surface area (Å²) in [7, 11) is 0. The molecule has 0 N–H and O–H groups in total. The molecule has 0 fully saturated rings. The van der Waals surface area contributed by atoms with Crippen LogP contribution in [0.2, 0.25) is 0 Å². The molecule has 3 nitrogen and oxygen atoms in total. The first-order valence-electron chi connectivity index (χ1n) is 3.15. The second kappa shape index (κ2) is 6.62. The van der Waals surface area contributed by atoms with Gasteiger partial charge in [0.1, 0.15) is 5.75 Å². The third-order valence-corrected chi connectivity index (χ3v) is 1.44. The summed E-state index contributed by atoms with van der Waals surface area (Å²) in [6, 6.07) is 8.70. The Morgan fingerprint density at radius 3 is 2.23 bits per heavy atom. The van der Waals surface area contributed by atoms with Crippen molar-refractivity contribution in [1.82, 2.24) is 3.71 Å². The summed E-state index contributed by atoms with van der Waals surface area (Å²) < 4.78 is 5.58. The van der Waals surface area contributed by atoms with E-state index in [1.54, 1.807) is 24.3 Å². The molecule has 1 amide bonds. The van der Waals surface area contributed by atoms with Crippen LogP contribution in [0.4, 0.5) is 4.79 Å². The van der Waals surface area contributed by atoms with Crippen LogP contribution in [0.3, 0.4) is 0 Å². The first-order valence-corrected chi connectivity index (χ1v) is 3.95. The van der Waals surface area contributed by atoms with Gasteiger partial charge in [0, 0.05) is 0 Å². The topological polar surface area (TPSA) is 29.5 Å². The average molecular weight is 225 g/mol. The van der Waals surface area contributed by atoms with Gasteiger partial charge < -0.3 is 4.74 Å². The van der Waals surface area contributed by atoms with Crippen LogP contribution in [0.15, 0.2) is 30.3 Å². The third kappa shape index (κ3) is 4.83. The van der Waals surface area contributed by atoms with Crippen molar-refractivity contribution in [3.05, 3.63) is 30.3 Å². The van der Waals surface area contributed by atoms with Crippen molar-refractivity contribution in [3.63, 3.8) is 0 Å². The molecule has 0 spiro atoms. The molecule has 0 bridgehead atoms. The molecule has 0 aliphatic rings. The van der Waals surface area contributed by atoms with Crippen molar-refractivity contribution in [1.29, 1.82) is 0 Å². The average Bonchev–Trinajstić information content (AvgIpc) is 2.06. The molecule has 0 saturated heterocycles. The number of amides is 1. The minimum absolute atomic E-state index is 0. The van der Waals surface area contributed by atoms with E-state index in [1.165, 1.54) is 0 Å². The number of nitrogens with zero attached hydrogens (tertiary/aromatic N) is 1. The van der Waals surface area contributed by atoms with Gasteiger partial charge in [0.05, 0.1) is 0 Å². The van der Waals surface area contributed by atoms with Crippen LogP contribution in [-0.2, 0) is 0 Å². The Labute approximate surface area is 110 Å². The zero-order chi connectivity index (χ0) is 8.97. The van der Waals surface area contributed by atoms with Crippen molar-refractivity contribution >= 4 is 61.3 Å². The van der Waals surface area contributed by atoms with E-state index >= 15 is 0 Å². The standard InChI is InChI=1S/C7H7NO2S2.Na.H/c9-7(8(11)12)10-6-4-2-1-3-5-6;;/h1-5,11-12H;;. The molecule has 0 atom stereocenters. The molecule has 1 rings (SSSR count). The van der Waals surface area contributed by atoms with Gasteiger partial charge in [-0.25, -0.2) is 4.79 Å². The molecule has 0 aliphatic heterocycles. The zero-order valence-corrected chi connectivity index (χ0v) is 7.83. The Kier molecular flexibility index (Phi) is 6.71. The summed E-state index contributed by atoms with van der Waals surface area (Å²) in [6.07, 6.45) is -0.632.